The van der Waals surface area contributed by atoms with Crippen molar-refractivity contribution in [1.29, 1.82) is 5.26 Å². The molecule has 0 saturated carbocycles. The molecule has 3 aromatic carbocycles. The lowest BCUT2D eigenvalue weighted by Gasteiger charge is -2.10. The normalized spacial score (nSPS) is 10.4. The van der Waals surface area contributed by atoms with Crippen molar-refractivity contribution >= 4 is 17.3 Å². The summed E-state index contributed by atoms with van der Waals surface area (Å²) in [4.78, 5) is 12.7. The second kappa shape index (κ2) is 7.76. The number of nitrogen functional groups attached to an aromatic ring is 1. The molecule has 0 aromatic heterocycles. The van der Waals surface area contributed by atoms with Crippen LogP contribution in [-0.4, -0.2) is 5.91 Å². The number of hydrogen-bond donors (Lipinski definition) is 2. The molecule has 1 amide bonds. The smallest absolute Gasteiger partial charge is 0.255 e. The van der Waals surface area contributed by atoms with Crippen molar-refractivity contribution in [1.82, 2.24) is 0 Å². The van der Waals surface area contributed by atoms with Crippen LogP contribution in [0.4, 0.5) is 11.4 Å². The van der Waals surface area contributed by atoms with Crippen molar-refractivity contribution in [3.63, 3.8) is 0 Å². The number of rotatable bonds is 4. The third kappa shape index (κ3) is 4.16. The summed E-state index contributed by atoms with van der Waals surface area (Å²) in [6, 6.07) is 22.6. The first kappa shape index (κ1) is 18.2. The molecular weight excluding hydrogens is 334 g/mol. The van der Waals surface area contributed by atoms with Gasteiger partial charge in [-0.15, -0.1) is 0 Å². The summed E-state index contributed by atoms with van der Waals surface area (Å²) in [5, 5.41) is 12.1. The van der Waals surface area contributed by atoms with Gasteiger partial charge in [-0.25, -0.2) is 0 Å². The number of carbonyl (C=O) groups excluding carboxylic acids is 1. The minimum Gasteiger partial charge on any atom is -0.398 e. The second-order valence-corrected chi connectivity index (χ2v) is 6.73. The van der Waals surface area contributed by atoms with E-state index in [2.05, 4.69) is 31.3 Å². The summed E-state index contributed by atoms with van der Waals surface area (Å²) in [6.07, 6.45) is 0. The van der Waals surface area contributed by atoms with Crippen molar-refractivity contribution in [2.75, 3.05) is 11.1 Å². The zero-order valence-electron chi connectivity index (χ0n) is 15.4. The van der Waals surface area contributed by atoms with Crippen LogP contribution in [0.25, 0.3) is 11.1 Å². The Kier molecular flexibility index (Phi) is 5.23. The maximum Gasteiger partial charge on any atom is 0.255 e. The Hall–Kier alpha value is -3.58. The summed E-state index contributed by atoms with van der Waals surface area (Å²) < 4.78 is 0. The van der Waals surface area contributed by atoms with Gasteiger partial charge in [0.05, 0.1) is 5.56 Å². The average molecular weight is 355 g/mol. The first-order chi connectivity index (χ1) is 13.0. The lowest BCUT2D eigenvalue weighted by molar-refractivity contribution is 0.102. The maximum atomic E-state index is 12.7. The molecule has 0 spiro atoms. The summed E-state index contributed by atoms with van der Waals surface area (Å²) >= 11 is 0. The molecular formula is C23H21N3O. The number of anilines is 2. The highest BCUT2D eigenvalue weighted by molar-refractivity contribution is 6.05. The quantitative estimate of drug-likeness (QED) is 0.633. The van der Waals surface area contributed by atoms with E-state index in [1.165, 1.54) is 5.56 Å². The Balaban J connectivity index is 1.86. The van der Waals surface area contributed by atoms with E-state index >= 15 is 0 Å². The Morgan fingerprint density at radius 1 is 1.00 bits per heavy atom. The fourth-order valence-electron chi connectivity index (χ4n) is 2.85. The third-order valence-corrected chi connectivity index (χ3v) is 4.44. The minimum absolute atomic E-state index is 0.172. The highest BCUT2D eigenvalue weighted by atomic mass is 16.1. The molecule has 27 heavy (non-hydrogen) atoms. The highest BCUT2D eigenvalue weighted by Crippen LogP contribution is 2.25. The van der Waals surface area contributed by atoms with E-state index in [0.717, 1.165) is 16.8 Å². The zero-order chi connectivity index (χ0) is 19.4. The Bertz CT molecular complexity index is 1030. The zero-order valence-corrected chi connectivity index (χ0v) is 15.4. The summed E-state index contributed by atoms with van der Waals surface area (Å²) in [5.74, 6) is 0.221. The monoisotopic (exact) mass is 355 g/mol. The van der Waals surface area contributed by atoms with Gasteiger partial charge in [0.25, 0.3) is 5.91 Å². The van der Waals surface area contributed by atoms with Crippen LogP contribution in [-0.2, 0) is 0 Å². The molecule has 0 unspecified atom stereocenters. The molecule has 0 aliphatic heterocycles. The molecule has 3 aromatic rings. The summed E-state index contributed by atoms with van der Waals surface area (Å²) in [6.45, 7) is 4.24. The molecule has 4 heteroatoms. The average Bonchev–Trinajstić information content (AvgIpc) is 2.68. The summed E-state index contributed by atoms with van der Waals surface area (Å²) in [7, 11) is 0. The molecule has 0 aliphatic rings. The Labute approximate surface area is 159 Å². The van der Waals surface area contributed by atoms with Gasteiger partial charge < -0.3 is 11.1 Å². The van der Waals surface area contributed by atoms with Gasteiger partial charge in [-0.1, -0.05) is 44.2 Å². The molecule has 134 valence electrons. The molecule has 3 rings (SSSR count). The molecule has 3 N–H and O–H groups in total. The molecule has 4 nitrogen and oxygen atoms in total. The minimum atomic E-state index is -0.172. The predicted molar refractivity (Wildman–Crippen MR) is 109 cm³/mol. The van der Waals surface area contributed by atoms with E-state index in [1.54, 1.807) is 18.2 Å². The molecule has 0 fully saturated rings. The number of hydrogen-bond acceptors (Lipinski definition) is 3. The number of nitrogens with two attached hydrogens (primary N) is 1. The van der Waals surface area contributed by atoms with Gasteiger partial charge in [-0.2, -0.15) is 5.26 Å². The number of nitrogens with one attached hydrogen (secondary N) is 1. The number of nitriles is 1. The number of nitrogens with zero attached hydrogens (tertiary/aromatic N) is 1. The van der Waals surface area contributed by atoms with E-state index < -0.39 is 0 Å². The van der Waals surface area contributed by atoms with E-state index in [4.69, 9.17) is 11.0 Å². The fraction of sp³-hybridized carbons (Fsp3) is 0.130. The molecule has 0 radical (unpaired) electrons. The van der Waals surface area contributed by atoms with Crippen LogP contribution < -0.4 is 11.1 Å². The van der Waals surface area contributed by atoms with Crippen molar-refractivity contribution in [2.45, 2.75) is 19.8 Å². The third-order valence-electron chi connectivity index (χ3n) is 4.44. The highest BCUT2D eigenvalue weighted by Gasteiger charge is 2.10. The van der Waals surface area contributed by atoms with Gasteiger partial charge in [0.1, 0.15) is 6.07 Å². The van der Waals surface area contributed by atoms with Crippen molar-refractivity contribution < 1.29 is 4.79 Å². The van der Waals surface area contributed by atoms with Gasteiger partial charge in [0.2, 0.25) is 0 Å². The van der Waals surface area contributed by atoms with Crippen molar-refractivity contribution in [2.24, 2.45) is 0 Å². The molecule has 0 bridgehead atoms. The summed E-state index contributed by atoms with van der Waals surface area (Å²) in [5.41, 5.74) is 10.9. The van der Waals surface area contributed by atoms with Crippen molar-refractivity contribution in [3.8, 4) is 17.2 Å². The topological polar surface area (TPSA) is 78.9 Å². The van der Waals surface area contributed by atoms with Gasteiger partial charge >= 0.3 is 0 Å². The van der Waals surface area contributed by atoms with Crippen LogP contribution >= 0.6 is 0 Å². The van der Waals surface area contributed by atoms with Crippen LogP contribution in [0.2, 0.25) is 0 Å². The second-order valence-electron chi connectivity index (χ2n) is 6.73. The SMILES string of the molecule is CC(C)c1cccc(NC(=O)c2cccc(-c3ccc(N)c(C#N)c3)c2)c1. The van der Waals surface area contributed by atoms with Crippen LogP contribution in [0.5, 0.6) is 0 Å². The van der Waals surface area contributed by atoms with Crippen molar-refractivity contribution in [3.05, 3.63) is 83.4 Å². The number of carbonyl (C=O) groups is 1. The lowest BCUT2D eigenvalue weighted by atomic mass is 10.00. The van der Waals surface area contributed by atoms with E-state index in [-0.39, 0.29) is 5.91 Å². The van der Waals surface area contributed by atoms with Gasteiger partial charge in [-0.3, -0.25) is 4.79 Å². The van der Waals surface area contributed by atoms with E-state index in [1.807, 2.05) is 42.5 Å². The van der Waals surface area contributed by atoms with Crippen LogP contribution in [0.1, 0.15) is 41.3 Å². The van der Waals surface area contributed by atoms with Gasteiger partial charge in [-0.05, 0) is 59.0 Å². The van der Waals surface area contributed by atoms with Gasteiger partial charge in [0.15, 0.2) is 0 Å². The first-order valence-corrected chi connectivity index (χ1v) is 8.79. The standard InChI is InChI=1S/C23H21N3O/c1-15(2)16-5-4-8-21(13-16)26-23(27)19-7-3-6-17(11-19)18-9-10-22(25)20(12-18)14-24/h3-13,15H,25H2,1-2H3,(H,26,27). The lowest BCUT2D eigenvalue weighted by Crippen LogP contribution is -2.12. The predicted octanol–water partition coefficient (Wildman–Crippen LogP) is 5.18. The molecule has 0 saturated heterocycles. The van der Waals surface area contributed by atoms with Gasteiger partial charge in [0, 0.05) is 16.9 Å². The van der Waals surface area contributed by atoms with Crippen LogP contribution in [0.15, 0.2) is 66.7 Å². The maximum absolute atomic E-state index is 12.7. The van der Waals surface area contributed by atoms with Crippen LogP contribution in [0, 0.1) is 11.3 Å². The van der Waals surface area contributed by atoms with Crippen LogP contribution in [0.3, 0.4) is 0 Å². The van der Waals surface area contributed by atoms with E-state index in [9.17, 15) is 4.79 Å². The number of benzene rings is 3. The largest absolute Gasteiger partial charge is 0.398 e. The van der Waals surface area contributed by atoms with E-state index in [0.29, 0.717) is 22.7 Å². The first-order valence-electron chi connectivity index (χ1n) is 8.79. The number of amides is 1. The Morgan fingerprint density at radius 2 is 1.74 bits per heavy atom. The molecule has 0 heterocycles. The fourth-order valence-corrected chi connectivity index (χ4v) is 2.85. The molecule has 0 aliphatic carbocycles. The Morgan fingerprint density at radius 3 is 2.48 bits per heavy atom. The molecule has 0 atom stereocenters.